The van der Waals surface area contributed by atoms with Crippen LogP contribution in [-0.4, -0.2) is 22.9 Å². The lowest BCUT2D eigenvalue weighted by Crippen LogP contribution is -2.21. The SMILES string of the molecule is N#Cc1ccc(C(O)C(O)CCN)cc1. The van der Waals surface area contributed by atoms with Crippen molar-refractivity contribution in [3.05, 3.63) is 35.4 Å². The van der Waals surface area contributed by atoms with E-state index in [1.165, 1.54) is 0 Å². The zero-order valence-electron chi connectivity index (χ0n) is 8.30. The van der Waals surface area contributed by atoms with Crippen LogP contribution >= 0.6 is 0 Å². The Kier molecular flexibility index (Phi) is 4.25. The molecule has 0 aliphatic rings. The molecule has 4 heteroatoms. The van der Waals surface area contributed by atoms with Crippen LogP contribution in [0.4, 0.5) is 0 Å². The molecule has 0 aliphatic heterocycles. The number of aliphatic hydroxyl groups excluding tert-OH is 2. The Morgan fingerprint density at radius 1 is 1.27 bits per heavy atom. The molecule has 1 aromatic carbocycles. The molecular formula is C11H14N2O2. The van der Waals surface area contributed by atoms with Crippen molar-refractivity contribution in [3.8, 4) is 6.07 Å². The average molecular weight is 206 g/mol. The molecule has 0 fully saturated rings. The third-order valence-electron chi connectivity index (χ3n) is 2.21. The summed E-state index contributed by atoms with van der Waals surface area (Å²) < 4.78 is 0. The normalized spacial score (nSPS) is 14.3. The minimum absolute atomic E-state index is 0.328. The highest BCUT2D eigenvalue weighted by molar-refractivity contribution is 5.32. The van der Waals surface area contributed by atoms with E-state index in [-0.39, 0.29) is 0 Å². The number of rotatable bonds is 4. The van der Waals surface area contributed by atoms with Crippen LogP contribution in [0.15, 0.2) is 24.3 Å². The summed E-state index contributed by atoms with van der Waals surface area (Å²) in [6, 6.07) is 8.45. The highest BCUT2D eigenvalue weighted by Gasteiger charge is 2.16. The minimum Gasteiger partial charge on any atom is -0.390 e. The fourth-order valence-corrected chi connectivity index (χ4v) is 1.31. The van der Waals surface area contributed by atoms with Gasteiger partial charge in [0.2, 0.25) is 0 Å². The molecule has 0 aromatic heterocycles. The van der Waals surface area contributed by atoms with E-state index in [9.17, 15) is 10.2 Å². The fraction of sp³-hybridized carbons (Fsp3) is 0.364. The number of hydrogen-bond donors (Lipinski definition) is 3. The zero-order chi connectivity index (χ0) is 11.3. The summed E-state index contributed by atoms with van der Waals surface area (Å²) in [4.78, 5) is 0. The van der Waals surface area contributed by atoms with Crippen molar-refractivity contribution >= 4 is 0 Å². The standard InChI is InChI=1S/C11H14N2O2/c12-6-5-10(14)11(15)9-3-1-8(7-13)2-4-9/h1-4,10-11,14-15H,5-6,12H2. The molecule has 0 bridgehead atoms. The van der Waals surface area contributed by atoms with Crippen molar-refractivity contribution in [3.63, 3.8) is 0 Å². The molecule has 0 heterocycles. The second-order valence-electron chi connectivity index (χ2n) is 3.32. The molecular weight excluding hydrogens is 192 g/mol. The van der Waals surface area contributed by atoms with E-state index >= 15 is 0 Å². The van der Waals surface area contributed by atoms with Gasteiger partial charge < -0.3 is 15.9 Å². The van der Waals surface area contributed by atoms with Gasteiger partial charge in [0.05, 0.1) is 17.7 Å². The number of nitrogens with two attached hydrogens (primary N) is 1. The van der Waals surface area contributed by atoms with Gasteiger partial charge in [0.15, 0.2) is 0 Å². The van der Waals surface area contributed by atoms with Gasteiger partial charge in [-0.1, -0.05) is 12.1 Å². The van der Waals surface area contributed by atoms with E-state index in [0.29, 0.717) is 24.1 Å². The van der Waals surface area contributed by atoms with Crippen LogP contribution in [-0.2, 0) is 0 Å². The van der Waals surface area contributed by atoms with Crippen LogP contribution in [0.1, 0.15) is 23.7 Å². The van der Waals surface area contributed by atoms with Crippen molar-refractivity contribution < 1.29 is 10.2 Å². The van der Waals surface area contributed by atoms with Gasteiger partial charge in [-0.25, -0.2) is 0 Å². The Hall–Kier alpha value is -1.41. The Balaban J connectivity index is 2.74. The summed E-state index contributed by atoms with van der Waals surface area (Å²) in [5.41, 5.74) is 6.40. The average Bonchev–Trinajstić information content (AvgIpc) is 2.28. The summed E-state index contributed by atoms with van der Waals surface area (Å²) in [6.45, 7) is 0.328. The van der Waals surface area contributed by atoms with Crippen LogP contribution in [0.5, 0.6) is 0 Å². The molecule has 4 N–H and O–H groups in total. The van der Waals surface area contributed by atoms with Crippen molar-refractivity contribution in [2.24, 2.45) is 5.73 Å². The topological polar surface area (TPSA) is 90.3 Å². The molecule has 2 atom stereocenters. The maximum atomic E-state index is 9.70. The predicted molar refractivity (Wildman–Crippen MR) is 55.8 cm³/mol. The van der Waals surface area contributed by atoms with E-state index in [1.54, 1.807) is 24.3 Å². The first-order chi connectivity index (χ1) is 7.19. The van der Waals surface area contributed by atoms with Crippen molar-refractivity contribution in [1.29, 1.82) is 5.26 Å². The van der Waals surface area contributed by atoms with Crippen molar-refractivity contribution in [2.45, 2.75) is 18.6 Å². The number of benzene rings is 1. The highest BCUT2D eigenvalue weighted by atomic mass is 16.3. The molecule has 0 saturated carbocycles. The third kappa shape index (κ3) is 3.03. The molecule has 0 aliphatic carbocycles. The van der Waals surface area contributed by atoms with E-state index in [1.807, 2.05) is 6.07 Å². The monoisotopic (exact) mass is 206 g/mol. The van der Waals surface area contributed by atoms with E-state index in [0.717, 1.165) is 0 Å². The zero-order valence-corrected chi connectivity index (χ0v) is 8.30. The molecule has 0 amide bonds. The Labute approximate surface area is 88.6 Å². The Bertz CT molecular complexity index is 343. The van der Waals surface area contributed by atoms with Crippen LogP contribution in [0, 0.1) is 11.3 Å². The second kappa shape index (κ2) is 5.47. The van der Waals surface area contributed by atoms with Gasteiger partial charge in [-0.15, -0.1) is 0 Å². The van der Waals surface area contributed by atoms with Gasteiger partial charge in [-0.2, -0.15) is 5.26 Å². The van der Waals surface area contributed by atoms with Gasteiger partial charge in [-0.3, -0.25) is 0 Å². The van der Waals surface area contributed by atoms with Crippen LogP contribution in [0.25, 0.3) is 0 Å². The van der Waals surface area contributed by atoms with Gasteiger partial charge in [0, 0.05) is 0 Å². The van der Waals surface area contributed by atoms with Crippen molar-refractivity contribution in [2.75, 3.05) is 6.54 Å². The lowest BCUT2D eigenvalue weighted by Gasteiger charge is -2.17. The summed E-state index contributed by atoms with van der Waals surface area (Å²) >= 11 is 0. The van der Waals surface area contributed by atoms with Gasteiger partial charge in [0.25, 0.3) is 0 Å². The molecule has 0 spiro atoms. The summed E-state index contributed by atoms with van der Waals surface area (Å²) in [6.07, 6.45) is -1.45. The molecule has 80 valence electrons. The van der Waals surface area contributed by atoms with E-state index in [4.69, 9.17) is 11.0 Å². The smallest absolute Gasteiger partial charge is 0.105 e. The molecule has 4 nitrogen and oxygen atoms in total. The largest absolute Gasteiger partial charge is 0.390 e. The molecule has 15 heavy (non-hydrogen) atoms. The molecule has 0 saturated heterocycles. The van der Waals surface area contributed by atoms with Crippen LogP contribution < -0.4 is 5.73 Å². The van der Waals surface area contributed by atoms with E-state index < -0.39 is 12.2 Å². The summed E-state index contributed by atoms with van der Waals surface area (Å²) in [7, 11) is 0. The molecule has 2 unspecified atom stereocenters. The minimum atomic E-state index is -0.943. The molecule has 1 rings (SSSR count). The highest BCUT2D eigenvalue weighted by Crippen LogP contribution is 2.18. The maximum absolute atomic E-state index is 9.70. The third-order valence-corrected chi connectivity index (χ3v) is 2.21. The first-order valence-corrected chi connectivity index (χ1v) is 4.75. The van der Waals surface area contributed by atoms with Crippen LogP contribution in [0.3, 0.4) is 0 Å². The lowest BCUT2D eigenvalue weighted by atomic mass is 10.0. The fourth-order valence-electron chi connectivity index (χ4n) is 1.31. The number of nitrogens with zero attached hydrogens (tertiary/aromatic N) is 1. The summed E-state index contributed by atoms with van der Waals surface area (Å²) in [5.74, 6) is 0. The number of nitriles is 1. The van der Waals surface area contributed by atoms with Gasteiger partial charge in [0.1, 0.15) is 6.10 Å². The Morgan fingerprint density at radius 3 is 2.33 bits per heavy atom. The first-order valence-electron chi connectivity index (χ1n) is 4.75. The number of aliphatic hydroxyl groups is 2. The summed E-state index contributed by atoms with van der Waals surface area (Å²) in [5, 5.41) is 27.8. The van der Waals surface area contributed by atoms with Gasteiger partial charge >= 0.3 is 0 Å². The molecule has 0 radical (unpaired) electrons. The first kappa shape index (κ1) is 11.7. The van der Waals surface area contributed by atoms with Crippen molar-refractivity contribution in [1.82, 2.24) is 0 Å². The Morgan fingerprint density at radius 2 is 1.87 bits per heavy atom. The second-order valence-corrected chi connectivity index (χ2v) is 3.32. The molecule has 1 aromatic rings. The predicted octanol–water partition coefficient (Wildman–Crippen LogP) is 0.301. The lowest BCUT2D eigenvalue weighted by molar-refractivity contribution is 0.0150. The number of hydrogen-bond acceptors (Lipinski definition) is 4. The quantitative estimate of drug-likeness (QED) is 0.661. The maximum Gasteiger partial charge on any atom is 0.105 e. The van der Waals surface area contributed by atoms with Crippen LogP contribution in [0.2, 0.25) is 0 Å². The van der Waals surface area contributed by atoms with E-state index in [2.05, 4.69) is 0 Å². The van der Waals surface area contributed by atoms with Gasteiger partial charge in [-0.05, 0) is 30.7 Å².